The monoisotopic (exact) mass is 286 g/mol. The second kappa shape index (κ2) is 6.46. The van der Waals surface area contributed by atoms with Gasteiger partial charge in [0.05, 0.1) is 0 Å². The topological polar surface area (TPSA) is 49.3 Å². The van der Waals surface area contributed by atoms with Crippen molar-refractivity contribution in [3.8, 4) is 0 Å². The molecule has 1 heterocycles. The Bertz CT molecular complexity index is 475. The first-order chi connectivity index (χ1) is 10.3. The van der Waals surface area contributed by atoms with E-state index in [4.69, 9.17) is 0 Å². The molecule has 2 fully saturated rings. The Kier molecular flexibility index (Phi) is 4.42. The van der Waals surface area contributed by atoms with E-state index < -0.39 is 0 Å². The summed E-state index contributed by atoms with van der Waals surface area (Å²) in [5, 5.41) is 6.94. The van der Waals surface area contributed by atoms with Crippen LogP contribution in [0.2, 0.25) is 0 Å². The average molecular weight is 286 g/mol. The van der Waals surface area contributed by atoms with E-state index in [2.05, 4.69) is 26.7 Å². The van der Waals surface area contributed by atoms with Crippen LogP contribution in [-0.2, 0) is 6.42 Å². The maximum absolute atomic E-state index is 4.34. The summed E-state index contributed by atoms with van der Waals surface area (Å²) in [5.41, 5.74) is 1.70. The number of aromatic nitrogens is 1. The van der Waals surface area contributed by atoms with Crippen molar-refractivity contribution in [3.63, 3.8) is 0 Å². The highest BCUT2D eigenvalue weighted by molar-refractivity contribution is 5.79. The van der Waals surface area contributed by atoms with Crippen molar-refractivity contribution in [2.75, 3.05) is 20.1 Å². The molecule has 4 nitrogen and oxygen atoms in total. The zero-order valence-electron chi connectivity index (χ0n) is 12.9. The van der Waals surface area contributed by atoms with Gasteiger partial charge in [-0.15, -0.1) is 0 Å². The molecule has 0 radical (unpaired) electrons. The van der Waals surface area contributed by atoms with E-state index in [-0.39, 0.29) is 0 Å². The number of guanidine groups is 1. The van der Waals surface area contributed by atoms with Crippen molar-refractivity contribution in [2.45, 2.75) is 38.5 Å². The van der Waals surface area contributed by atoms with Crippen LogP contribution in [0.5, 0.6) is 0 Å². The quantitative estimate of drug-likeness (QED) is 0.623. The fourth-order valence-electron chi connectivity index (χ4n) is 3.39. The predicted molar refractivity (Wildman–Crippen MR) is 86.3 cm³/mol. The number of hydrogen-bond acceptors (Lipinski definition) is 2. The molecule has 0 amide bonds. The fraction of sp³-hybridized carbons (Fsp3) is 0.647. The lowest BCUT2D eigenvalue weighted by Gasteiger charge is -2.43. The summed E-state index contributed by atoms with van der Waals surface area (Å²) in [6, 6.07) is 6.05. The van der Waals surface area contributed by atoms with Crippen LogP contribution in [0.3, 0.4) is 0 Å². The number of pyridine rings is 1. The molecule has 2 N–H and O–H groups in total. The van der Waals surface area contributed by atoms with Gasteiger partial charge >= 0.3 is 0 Å². The lowest BCUT2D eigenvalue weighted by Crippen LogP contribution is -2.47. The smallest absolute Gasteiger partial charge is 0.191 e. The van der Waals surface area contributed by atoms with Gasteiger partial charge in [-0.1, -0.05) is 12.5 Å². The van der Waals surface area contributed by atoms with Crippen LogP contribution in [0.15, 0.2) is 29.4 Å². The molecule has 0 spiro atoms. The third kappa shape index (κ3) is 3.55. The normalized spacial score (nSPS) is 20.7. The molecule has 1 aromatic rings. The average Bonchev–Trinajstić information content (AvgIpc) is 3.30. The highest BCUT2D eigenvalue weighted by Crippen LogP contribution is 2.56. The van der Waals surface area contributed by atoms with Gasteiger partial charge in [-0.2, -0.15) is 0 Å². The molecule has 21 heavy (non-hydrogen) atoms. The van der Waals surface area contributed by atoms with Crippen molar-refractivity contribution < 1.29 is 0 Å². The Balaban J connectivity index is 1.41. The first-order valence-electron chi connectivity index (χ1n) is 8.17. The molecular formula is C17H26N4. The Morgan fingerprint density at radius 2 is 2.19 bits per heavy atom. The van der Waals surface area contributed by atoms with Gasteiger partial charge in [-0.05, 0) is 49.1 Å². The minimum absolute atomic E-state index is 0.582. The van der Waals surface area contributed by atoms with Crippen LogP contribution >= 0.6 is 0 Å². The van der Waals surface area contributed by atoms with E-state index in [1.807, 2.05) is 25.4 Å². The van der Waals surface area contributed by atoms with E-state index in [9.17, 15) is 0 Å². The van der Waals surface area contributed by atoms with Crippen molar-refractivity contribution in [3.05, 3.63) is 30.1 Å². The number of nitrogens with one attached hydrogen (secondary N) is 2. The molecule has 4 heteroatoms. The molecular weight excluding hydrogens is 260 g/mol. The van der Waals surface area contributed by atoms with Gasteiger partial charge in [-0.25, -0.2) is 0 Å². The third-order valence-corrected chi connectivity index (χ3v) is 5.02. The summed E-state index contributed by atoms with van der Waals surface area (Å²) in [5.74, 6) is 1.91. The molecule has 3 rings (SSSR count). The van der Waals surface area contributed by atoms with E-state index in [1.165, 1.54) is 32.1 Å². The molecule has 0 saturated heterocycles. The van der Waals surface area contributed by atoms with Crippen molar-refractivity contribution in [2.24, 2.45) is 16.3 Å². The lowest BCUT2D eigenvalue weighted by atomic mass is 9.65. The molecule has 0 aromatic carbocycles. The molecule has 1 aromatic heterocycles. The largest absolute Gasteiger partial charge is 0.356 e. The summed E-state index contributed by atoms with van der Waals surface area (Å²) in [6.45, 7) is 1.95. The minimum atomic E-state index is 0.582. The minimum Gasteiger partial charge on any atom is -0.356 e. The van der Waals surface area contributed by atoms with Crippen molar-refractivity contribution >= 4 is 5.96 Å². The summed E-state index contributed by atoms with van der Waals surface area (Å²) >= 11 is 0. The van der Waals surface area contributed by atoms with Gasteiger partial charge in [0.25, 0.3) is 0 Å². The zero-order chi connectivity index (χ0) is 14.5. The molecule has 2 aliphatic carbocycles. The highest BCUT2D eigenvalue weighted by atomic mass is 15.2. The van der Waals surface area contributed by atoms with Gasteiger partial charge in [0.1, 0.15) is 0 Å². The summed E-state index contributed by atoms with van der Waals surface area (Å²) in [7, 11) is 1.85. The van der Waals surface area contributed by atoms with Gasteiger partial charge in [0, 0.05) is 38.4 Å². The second-order valence-electron chi connectivity index (χ2n) is 6.41. The van der Waals surface area contributed by atoms with E-state index in [0.717, 1.165) is 37.1 Å². The maximum Gasteiger partial charge on any atom is 0.191 e. The summed E-state index contributed by atoms with van der Waals surface area (Å²) in [4.78, 5) is 8.67. The Hall–Kier alpha value is -1.58. The second-order valence-corrected chi connectivity index (χ2v) is 6.41. The van der Waals surface area contributed by atoms with Crippen LogP contribution in [0.4, 0.5) is 0 Å². The molecule has 0 atom stereocenters. The highest BCUT2D eigenvalue weighted by Gasteiger charge is 2.48. The van der Waals surface area contributed by atoms with E-state index >= 15 is 0 Å². The van der Waals surface area contributed by atoms with Crippen molar-refractivity contribution in [1.82, 2.24) is 15.6 Å². The van der Waals surface area contributed by atoms with Crippen LogP contribution in [0.1, 0.15) is 37.8 Å². The fourth-order valence-corrected chi connectivity index (χ4v) is 3.39. The molecule has 0 aliphatic heterocycles. The number of nitrogens with zero attached hydrogens (tertiary/aromatic N) is 2. The first kappa shape index (κ1) is 14.4. The summed E-state index contributed by atoms with van der Waals surface area (Å²) < 4.78 is 0. The first-order valence-corrected chi connectivity index (χ1v) is 8.17. The molecule has 0 unspecified atom stereocenters. The van der Waals surface area contributed by atoms with Gasteiger partial charge < -0.3 is 10.6 Å². The van der Waals surface area contributed by atoms with Crippen LogP contribution in [-0.4, -0.2) is 31.1 Å². The molecule has 0 bridgehead atoms. The van der Waals surface area contributed by atoms with Crippen LogP contribution in [0.25, 0.3) is 0 Å². The van der Waals surface area contributed by atoms with Gasteiger partial charge in [-0.3, -0.25) is 9.98 Å². The maximum atomic E-state index is 4.34. The zero-order valence-corrected chi connectivity index (χ0v) is 12.9. The number of rotatable bonds is 6. The van der Waals surface area contributed by atoms with Gasteiger partial charge in [0.2, 0.25) is 0 Å². The molecule has 114 valence electrons. The predicted octanol–water partition coefficient (Wildman–Crippen LogP) is 2.37. The van der Waals surface area contributed by atoms with Crippen molar-refractivity contribution in [1.29, 1.82) is 0 Å². The standard InChI is InChI=1S/C17H26N4/c1-18-16(20-12-8-15-5-2-3-11-19-15)21-13-17(9-4-10-17)14-6-7-14/h2-3,5,11,14H,4,6-10,12-13H2,1H3,(H2,18,20,21). The number of hydrogen-bond donors (Lipinski definition) is 2. The number of aliphatic imine (C=N–C) groups is 1. The van der Waals surface area contributed by atoms with Crippen LogP contribution in [0, 0.1) is 11.3 Å². The van der Waals surface area contributed by atoms with Gasteiger partial charge in [0.15, 0.2) is 5.96 Å². The molecule has 2 saturated carbocycles. The molecule has 2 aliphatic rings. The Morgan fingerprint density at radius 3 is 2.76 bits per heavy atom. The Labute approximate surface area is 127 Å². The summed E-state index contributed by atoms with van der Waals surface area (Å²) in [6.07, 6.45) is 9.85. The third-order valence-electron chi connectivity index (χ3n) is 5.02. The lowest BCUT2D eigenvalue weighted by molar-refractivity contribution is 0.106. The SMILES string of the molecule is CN=C(NCCc1ccccn1)NCC1(C2CC2)CCC1. The Morgan fingerprint density at radius 1 is 1.33 bits per heavy atom. The van der Waals surface area contributed by atoms with E-state index in [0.29, 0.717) is 5.41 Å². The van der Waals surface area contributed by atoms with Crippen LogP contribution < -0.4 is 10.6 Å². The van der Waals surface area contributed by atoms with E-state index in [1.54, 1.807) is 0 Å².